The molecule has 1 fully saturated rings. The number of ether oxygens (including phenoxy) is 1. The van der Waals surface area contributed by atoms with Crippen LogP contribution >= 0.6 is 0 Å². The van der Waals surface area contributed by atoms with Gasteiger partial charge >= 0.3 is 0 Å². The lowest BCUT2D eigenvalue weighted by Gasteiger charge is -2.32. The van der Waals surface area contributed by atoms with Gasteiger partial charge in [-0.2, -0.15) is 0 Å². The van der Waals surface area contributed by atoms with Gasteiger partial charge in [-0.3, -0.25) is 0 Å². The van der Waals surface area contributed by atoms with Crippen LogP contribution in [0.25, 0.3) is 0 Å². The van der Waals surface area contributed by atoms with Gasteiger partial charge in [-0.15, -0.1) is 0 Å². The third-order valence-corrected chi connectivity index (χ3v) is 5.29. The normalized spacial score (nSPS) is 18.4. The Labute approximate surface area is 125 Å². The quantitative estimate of drug-likeness (QED) is 0.710. The van der Waals surface area contributed by atoms with Crippen molar-refractivity contribution in [3.8, 4) is 5.75 Å². The molecule has 118 valence electrons. The van der Waals surface area contributed by atoms with Gasteiger partial charge in [-0.05, 0) is 31.0 Å². The number of sulfonamides is 1. The van der Waals surface area contributed by atoms with E-state index in [0.29, 0.717) is 18.6 Å². The summed E-state index contributed by atoms with van der Waals surface area (Å²) in [6.45, 7) is 0.0290. The highest BCUT2D eigenvalue weighted by atomic mass is 32.2. The topological polar surface area (TPSA) is 102 Å². The fourth-order valence-electron chi connectivity index (χ4n) is 2.58. The molecule has 0 atom stereocenters. The molecule has 6 nitrogen and oxygen atoms in total. The van der Waals surface area contributed by atoms with Gasteiger partial charge in [0.1, 0.15) is 5.75 Å². The second kappa shape index (κ2) is 6.21. The standard InChI is InChI=1S/C14H22N2O4S/c1-20-13-6-5-11(9-12(13)15)21(18,19)16-10-14(17)7-3-2-4-8-14/h5-6,9,16-17H,2-4,7-8,10,15H2,1H3. The van der Waals surface area contributed by atoms with E-state index >= 15 is 0 Å². The number of hydrogen-bond donors (Lipinski definition) is 3. The maximum absolute atomic E-state index is 12.3. The van der Waals surface area contributed by atoms with E-state index in [4.69, 9.17) is 10.5 Å². The Hall–Kier alpha value is -1.31. The van der Waals surface area contributed by atoms with Crippen molar-refractivity contribution in [1.29, 1.82) is 0 Å². The Morgan fingerprint density at radius 1 is 1.33 bits per heavy atom. The molecule has 21 heavy (non-hydrogen) atoms. The number of nitrogens with one attached hydrogen (secondary N) is 1. The minimum Gasteiger partial charge on any atom is -0.495 e. The Morgan fingerprint density at radius 3 is 2.57 bits per heavy atom. The number of anilines is 1. The summed E-state index contributed by atoms with van der Waals surface area (Å²) in [4.78, 5) is 0.0696. The fraction of sp³-hybridized carbons (Fsp3) is 0.571. The van der Waals surface area contributed by atoms with Gasteiger partial charge in [0.2, 0.25) is 10.0 Å². The van der Waals surface area contributed by atoms with Crippen LogP contribution in [-0.4, -0.2) is 32.8 Å². The maximum atomic E-state index is 12.3. The van der Waals surface area contributed by atoms with Crippen molar-refractivity contribution in [1.82, 2.24) is 4.72 Å². The second-order valence-corrected chi connectivity index (χ2v) is 7.28. The lowest BCUT2D eigenvalue weighted by molar-refractivity contribution is 0.00945. The second-order valence-electron chi connectivity index (χ2n) is 5.51. The summed E-state index contributed by atoms with van der Waals surface area (Å²) in [6, 6.07) is 4.30. The van der Waals surface area contributed by atoms with Gasteiger partial charge < -0.3 is 15.6 Å². The van der Waals surface area contributed by atoms with E-state index in [9.17, 15) is 13.5 Å². The largest absolute Gasteiger partial charge is 0.495 e. The Kier molecular flexibility index (Phi) is 4.75. The van der Waals surface area contributed by atoms with Crippen molar-refractivity contribution >= 4 is 15.7 Å². The molecule has 0 heterocycles. The summed E-state index contributed by atoms with van der Waals surface area (Å²) < 4.78 is 32.0. The predicted octanol–water partition coefficient (Wildman–Crippen LogP) is 1.25. The molecule has 1 aromatic carbocycles. The Balaban J connectivity index is 2.09. The summed E-state index contributed by atoms with van der Waals surface area (Å²) in [5, 5.41) is 10.3. The highest BCUT2D eigenvalue weighted by Gasteiger charge is 2.31. The number of methoxy groups -OCH3 is 1. The molecule has 1 aliphatic rings. The van der Waals surface area contributed by atoms with Crippen LogP contribution < -0.4 is 15.2 Å². The van der Waals surface area contributed by atoms with Crippen LogP contribution in [0, 0.1) is 0 Å². The van der Waals surface area contributed by atoms with Crippen LogP contribution in [0.5, 0.6) is 5.75 Å². The van der Waals surface area contributed by atoms with Crippen molar-refractivity contribution in [2.24, 2.45) is 0 Å². The molecule has 0 bridgehead atoms. The first-order valence-corrected chi connectivity index (χ1v) is 8.50. The molecule has 0 radical (unpaired) electrons. The van der Waals surface area contributed by atoms with Crippen LogP contribution in [0.2, 0.25) is 0 Å². The average Bonchev–Trinajstić information content (AvgIpc) is 2.46. The first-order valence-electron chi connectivity index (χ1n) is 7.02. The first-order chi connectivity index (χ1) is 9.86. The van der Waals surface area contributed by atoms with E-state index in [0.717, 1.165) is 19.3 Å². The number of benzene rings is 1. The lowest BCUT2D eigenvalue weighted by Crippen LogP contribution is -2.44. The summed E-state index contributed by atoms with van der Waals surface area (Å²) in [7, 11) is -2.22. The minimum absolute atomic E-state index is 0.0290. The molecule has 0 unspecified atom stereocenters. The Morgan fingerprint density at radius 2 is 2.00 bits per heavy atom. The molecule has 1 aromatic rings. The molecule has 0 aliphatic heterocycles. The summed E-state index contributed by atoms with van der Waals surface area (Å²) in [5.74, 6) is 0.430. The number of hydrogen-bond acceptors (Lipinski definition) is 5. The van der Waals surface area contributed by atoms with Crippen molar-refractivity contribution < 1.29 is 18.3 Å². The van der Waals surface area contributed by atoms with Crippen molar-refractivity contribution in [3.05, 3.63) is 18.2 Å². The van der Waals surface area contributed by atoms with Gasteiger partial charge in [0.05, 0.1) is 23.3 Å². The predicted molar refractivity (Wildman–Crippen MR) is 80.6 cm³/mol. The van der Waals surface area contributed by atoms with E-state index in [1.165, 1.54) is 25.3 Å². The van der Waals surface area contributed by atoms with Gasteiger partial charge in [0.25, 0.3) is 0 Å². The van der Waals surface area contributed by atoms with Crippen LogP contribution in [0.1, 0.15) is 32.1 Å². The number of nitrogen functional groups attached to an aromatic ring is 1. The highest BCUT2D eigenvalue weighted by molar-refractivity contribution is 7.89. The van der Waals surface area contributed by atoms with Crippen LogP contribution in [-0.2, 0) is 10.0 Å². The van der Waals surface area contributed by atoms with E-state index in [-0.39, 0.29) is 17.1 Å². The van der Waals surface area contributed by atoms with Crippen LogP contribution in [0.15, 0.2) is 23.1 Å². The van der Waals surface area contributed by atoms with Gasteiger partial charge in [0, 0.05) is 6.54 Å². The smallest absolute Gasteiger partial charge is 0.240 e. The van der Waals surface area contributed by atoms with E-state index < -0.39 is 15.6 Å². The zero-order valence-corrected chi connectivity index (χ0v) is 12.9. The van der Waals surface area contributed by atoms with Gasteiger partial charge in [-0.1, -0.05) is 19.3 Å². The fourth-order valence-corrected chi connectivity index (χ4v) is 3.73. The van der Waals surface area contributed by atoms with Crippen molar-refractivity contribution in [3.63, 3.8) is 0 Å². The molecule has 2 rings (SSSR count). The van der Waals surface area contributed by atoms with Crippen LogP contribution in [0.3, 0.4) is 0 Å². The molecule has 0 saturated heterocycles. The third kappa shape index (κ3) is 3.87. The third-order valence-electron chi connectivity index (χ3n) is 3.89. The average molecular weight is 314 g/mol. The monoisotopic (exact) mass is 314 g/mol. The molecule has 0 amide bonds. The van der Waals surface area contributed by atoms with Crippen LogP contribution in [0.4, 0.5) is 5.69 Å². The molecule has 4 N–H and O–H groups in total. The zero-order chi connectivity index (χ0) is 15.5. The molecule has 1 aliphatic carbocycles. The maximum Gasteiger partial charge on any atom is 0.240 e. The Bertz CT molecular complexity index is 595. The van der Waals surface area contributed by atoms with Gasteiger partial charge in [-0.25, -0.2) is 13.1 Å². The zero-order valence-electron chi connectivity index (χ0n) is 12.1. The number of aliphatic hydroxyl groups is 1. The highest BCUT2D eigenvalue weighted by Crippen LogP contribution is 2.28. The SMILES string of the molecule is COc1ccc(S(=O)(=O)NCC2(O)CCCCC2)cc1N. The molecule has 0 spiro atoms. The summed E-state index contributed by atoms with van der Waals surface area (Å²) in [5.41, 5.74) is 5.05. The molecule has 0 aromatic heterocycles. The van der Waals surface area contributed by atoms with E-state index in [1.807, 2.05) is 0 Å². The van der Waals surface area contributed by atoms with Gasteiger partial charge in [0.15, 0.2) is 0 Å². The first kappa shape index (κ1) is 16.1. The lowest BCUT2D eigenvalue weighted by atomic mass is 9.85. The van der Waals surface area contributed by atoms with E-state index in [1.54, 1.807) is 0 Å². The molecular formula is C14H22N2O4S. The summed E-state index contributed by atoms with van der Waals surface area (Å²) >= 11 is 0. The molecule has 1 saturated carbocycles. The number of nitrogens with two attached hydrogens (primary N) is 1. The molecule has 7 heteroatoms. The van der Waals surface area contributed by atoms with Crippen molar-refractivity contribution in [2.45, 2.75) is 42.6 Å². The molecular weight excluding hydrogens is 292 g/mol. The summed E-state index contributed by atoms with van der Waals surface area (Å²) in [6.07, 6.45) is 4.19. The minimum atomic E-state index is -3.69. The van der Waals surface area contributed by atoms with E-state index in [2.05, 4.69) is 4.72 Å². The number of rotatable bonds is 5. The van der Waals surface area contributed by atoms with Crippen molar-refractivity contribution in [2.75, 3.05) is 19.4 Å².